The molecule has 1 unspecified atom stereocenters. The number of benzene rings is 1. The quantitative estimate of drug-likeness (QED) is 0.740. The first-order valence-electron chi connectivity index (χ1n) is 6.08. The van der Waals surface area contributed by atoms with Gasteiger partial charge in [0.15, 0.2) is 0 Å². The largest absolute Gasteiger partial charge is 0.497 e. The first-order chi connectivity index (χ1) is 8.02. The van der Waals surface area contributed by atoms with Gasteiger partial charge in [-0.05, 0) is 18.6 Å². The molecule has 2 nitrogen and oxygen atoms in total. The molecular formula is C15H21NO. The molecule has 2 rings (SSSR count). The number of fused-ring (bicyclic) bond motifs is 1. The summed E-state index contributed by atoms with van der Waals surface area (Å²) in [7, 11) is 1.71. The number of nitrogens with zero attached hydrogens (tertiary/aromatic N) is 1. The van der Waals surface area contributed by atoms with Gasteiger partial charge in [0.25, 0.3) is 0 Å². The molecule has 1 atom stereocenters. The fraction of sp³-hybridized carbons (Fsp3) is 0.467. The summed E-state index contributed by atoms with van der Waals surface area (Å²) < 4.78 is 5.32. The van der Waals surface area contributed by atoms with Crippen LogP contribution in [0.3, 0.4) is 0 Å². The summed E-state index contributed by atoms with van der Waals surface area (Å²) in [5.41, 5.74) is 2.85. The van der Waals surface area contributed by atoms with Crippen molar-refractivity contribution in [3.8, 4) is 5.75 Å². The van der Waals surface area contributed by atoms with E-state index in [0.29, 0.717) is 6.04 Å². The van der Waals surface area contributed by atoms with Gasteiger partial charge in [-0.25, -0.2) is 0 Å². The maximum Gasteiger partial charge on any atom is 0.120 e. The van der Waals surface area contributed by atoms with E-state index in [2.05, 4.69) is 44.4 Å². The number of hydrogen-bond donors (Lipinski definition) is 0. The molecule has 0 saturated heterocycles. The van der Waals surface area contributed by atoms with Gasteiger partial charge in [0, 0.05) is 29.8 Å². The van der Waals surface area contributed by atoms with Crippen LogP contribution in [0.4, 0.5) is 5.69 Å². The minimum Gasteiger partial charge on any atom is -0.497 e. The molecule has 0 radical (unpaired) electrons. The van der Waals surface area contributed by atoms with Crippen molar-refractivity contribution in [3.05, 3.63) is 36.4 Å². The van der Waals surface area contributed by atoms with Gasteiger partial charge in [-0.3, -0.25) is 0 Å². The Morgan fingerprint density at radius 3 is 2.76 bits per heavy atom. The van der Waals surface area contributed by atoms with E-state index >= 15 is 0 Å². The molecule has 0 saturated carbocycles. The van der Waals surface area contributed by atoms with Gasteiger partial charge in [0.2, 0.25) is 0 Å². The van der Waals surface area contributed by atoms with Crippen LogP contribution in [-0.4, -0.2) is 19.7 Å². The Labute approximate surface area is 104 Å². The second-order valence-corrected chi connectivity index (χ2v) is 5.22. The number of hydrogen-bond acceptors (Lipinski definition) is 2. The van der Waals surface area contributed by atoms with Crippen LogP contribution in [0.15, 0.2) is 30.9 Å². The Balaban J connectivity index is 2.53. The van der Waals surface area contributed by atoms with Crippen LogP contribution >= 0.6 is 0 Å². The number of methoxy groups -OCH3 is 1. The lowest BCUT2D eigenvalue weighted by Crippen LogP contribution is -2.38. The zero-order valence-corrected chi connectivity index (χ0v) is 11.2. The Hall–Kier alpha value is -1.44. The van der Waals surface area contributed by atoms with Gasteiger partial charge < -0.3 is 9.64 Å². The van der Waals surface area contributed by atoms with Crippen molar-refractivity contribution in [2.75, 3.05) is 18.6 Å². The van der Waals surface area contributed by atoms with Gasteiger partial charge in [-0.1, -0.05) is 26.0 Å². The Morgan fingerprint density at radius 1 is 1.47 bits per heavy atom. The van der Waals surface area contributed by atoms with Crippen molar-refractivity contribution in [2.45, 2.75) is 32.2 Å². The second kappa shape index (κ2) is 4.10. The number of ether oxygens (including phenoxy) is 1. The van der Waals surface area contributed by atoms with Crippen LogP contribution in [0.1, 0.15) is 26.3 Å². The van der Waals surface area contributed by atoms with E-state index < -0.39 is 0 Å². The molecule has 0 spiro atoms. The monoisotopic (exact) mass is 231 g/mol. The third kappa shape index (κ3) is 1.72. The Bertz CT molecular complexity index is 437. The summed E-state index contributed by atoms with van der Waals surface area (Å²) >= 11 is 0. The molecule has 0 aliphatic carbocycles. The van der Waals surface area contributed by atoms with Gasteiger partial charge in [-0.15, -0.1) is 6.58 Å². The molecule has 17 heavy (non-hydrogen) atoms. The molecule has 2 heteroatoms. The molecule has 1 heterocycles. The van der Waals surface area contributed by atoms with E-state index in [-0.39, 0.29) is 5.41 Å². The van der Waals surface area contributed by atoms with Crippen LogP contribution in [0.2, 0.25) is 0 Å². The highest BCUT2D eigenvalue weighted by Crippen LogP contribution is 2.46. The Morgan fingerprint density at radius 2 is 2.18 bits per heavy atom. The van der Waals surface area contributed by atoms with Crippen molar-refractivity contribution < 1.29 is 4.74 Å². The maximum absolute atomic E-state index is 5.32. The van der Waals surface area contributed by atoms with Crippen molar-refractivity contribution in [1.29, 1.82) is 0 Å². The van der Waals surface area contributed by atoms with E-state index in [1.54, 1.807) is 7.11 Å². The minimum atomic E-state index is 0.171. The summed E-state index contributed by atoms with van der Waals surface area (Å²) in [5.74, 6) is 0.919. The third-order valence-electron chi connectivity index (χ3n) is 4.05. The summed E-state index contributed by atoms with van der Waals surface area (Å²) in [4.78, 5) is 2.39. The predicted octanol–water partition coefficient (Wildman–Crippen LogP) is 3.37. The summed E-state index contributed by atoms with van der Waals surface area (Å²) in [6.07, 6.45) is 1.96. The maximum atomic E-state index is 5.32. The third-order valence-corrected chi connectivity index (χ3v) is 4.05. The highest BCUT2D eigenvalue weighted by Gasteiger charge is 2.41. The molecule has 1 aromatic rings. The van der Waals surface area contributed by atoms with E-state index in [9.17, 15) is 0 Å². The molecule has 1 aliphatic heterocycles. The topological polar surface area (TPSA) is 12.5 Å². The zero-order valence-electron chi connectivity index (χ0n) is 11.2. The minimum absolute atomic E-state index is 0.171. The molecule has 1 aliphatic rings. The van der Waals surface area contributed by atoms with E-state index in [1.165, 1.54) is 11.3 Å². The van der Waals surface area contributed by atoms with Gasteiger partial charge in [-0.2, -0.15) is 0 Å². The average molecular weight is 231 g/mol. The fourth-order valence-corrected chi connectivity index (χ4v) is 2.64. The lowest BCUT2D eigenvalue weighted by atomic mass is 9.81. The summed E-state index contributed by atoms with van der Waals surface area (Å²) in [6, 6.07) is 6.84. The smallest absolute Gasteiger partial charge is 0.120 e. The van der Waals surface area contributed by atoms with Crippen LogP contribution in [-0.2, 0) is 5.41 Å². The predicted molar refractivity (Wildman–Crippen MR) is 73.0 cm³/mol. The highest BCUT2D eigenvalue weighted by atomic mass is 16.5. The van der Waals surface area contributed by atoms with Crippen molar-refractivity contribution in [1.82, 2.24) is 0 Å². The first kappa shape index (κ1) is 12.0. The first-order valence-corrected chi connectivity index (χ1v) is 6.08. The van der Waals surface area contributed by atoms with Crippen LogP contribution in [0.25, 0.3) is 0 Å². The number of anilines is 1. The van der Waals surface area contributed by atoms with Crippen molar-refractivity contribution >= 4 is 5.69 Å². The van der Waals surface area contributed by atoms with Crippen LogP contribution in [0, 0.1) is 0 Å². The van der Waals surface area contributed by atoms with Gasteiger partial charge in [0.1, 0.15) is 5.75 Å². The summed E-state index contributed by atoms with van der Waals surface area (Å²) in [5, 5.41) is 0. The van der Waals surface area contributed by atoms with Gasteiger partial charge in [0.05, 0.1) is 7.11 Å². The van der Waals surface area contributed by atoms with E-state index in [4.69, 9.17) is 4.74 Å². The lowest BCUT2D eigenvalue weighted by Gasteiger charge is -2.30. The molecule has 0 fully saturated rings. The molecule has 0 N–H and O–H groups in total. The fourth-order valence-electron chi connectivity index (χ4n) is 2.64. The standard InChI is InChI=1S/C15H21NO/c1-6-9-16-11(2)15(3,4)13-8-7-12(17-5)10-14(13)16/h6-8,10-11H,1,9H2,2-5H3. The van der Waals surface area contributed by atoms with Gasteiger partial charge >= 0.3 is 0 Å². The average Bonchev–Trinajstić information content (AvgIpc) is 2.51. The van der Waals surface area contributed by atoms with Crippen molar-refractivity contribution in [3.63, 3.8) is 0 Å². The molecular weight excluding hydrogens is 210 g/mol. The van der Waals surface area contributed by atoms with E-state index in [0.717, 1.165) is 12.3 Å². The highest BCUT2D eigenvalue weighted by molar-refractivity contribution is 5.66. The molecule has 92 valence electrons. The zero-order chi connectivity index (χ0) is 12.6. The van der Waals surface area contributed by atoms with Crippen LogP contribution in [0.5, 0.6) is 5.75 Å². The second-order valence-electron chi connectivity index (χ2n) is 5.22. The Kier molecular flexibility index (Phi) is 2.90. The van der Waals surface area contributed by atoms with Crippen molar-refractivity contribution in [2.24, 2.45) is 0 Å². The normalized spacial score (nSPS) is 21.2. The molecule has 0 aromatic heterocycles. The number of rotatable bonds is 3. The van der Waals surface area contributed by atoms with E-state index in [1.807, 2.05) is 12.1 Å². The van der Waals surface area contributed by atoms with Crippen LogP contribution < -0.4 is 9.64 Å². The SMILES string of the molecule is C=CCN1c2cc(OC)ccc2C(C)(C)C1C. The summed E-state index contributed by atoms with van der Waals surface area (Å²) in [6.45, 7) is 11.6. The molecule has 0 bridgehead atoms. The lowest BCUT2D eigenvalue weighted by molar-refractivity contribution is 0.414. The molecule has 0 amide bonds. The molecule has 1 aromatic carbocycles.